The molecule has 1 aliphatic carbocycles. The molecule has 1 aromatic carbocycles. The molecule has 3 heteroatoms. The van der Waals surface area contributed by atoms with E-state index in [9.17, 15) is 0 Å². The highest BCUT2D eigenvalue weighted by molar-refractivity contribution is 6.16. The van der Waals surface area contributed by atoms with Crippen LogP contribution in [0.3, 0.4) is 0 Å². The number of rotatable bonds is 2. The van der Waals surface area contributed by atoms with E-state index in [4.69, 9.17) is 16.6 Å². The maximum atomic E-state index is 6.14. The molecular formula is C17H23ClN2. The second-order valence-electron chi connectivity index (χ2n) is 6.92. The van der Waals surface area contributed by atoms with Gasteiger partial charge in [-0.25, -0.2) is 4.98 Å². The van der Waals surface area contributed by atoms with Crippen molar-refractivity contribution >= 4 is 22.6 Å². The fourth-order valence-electron chi connectivity index (χ4n) is 3.40. The van der Waals surface area contributed by atoms with Gasteiger partial charge in [0.05, 0.1) is 16.9 Å². The van der Waals surface area contributed by atoms with Crippen LogP contribution in [0.25, 0.3) is 11.0 Å². The predicted molar refractivity (Wildman–Crippen MR) is 85.3 cm³/mol. The molecular weight excluding hydrogens is 268 g/mol. The minimum absolute atomic E-state index is 0.490. The van der Waals surface area contributed by atoms with E-state index in [0.29, 0.717) is 17.3 Å². The van der Waals surface area contributed by atoms with Crippen LogP contribution in [0.2, 0.25) is 0 Å². The van der Waals surface area contributed by atoms with Crippen LogP contribution in [-0.2, 0) is 5.88 Å². The summed E-state index contributed by atoms with van der Waals surface area (Å²) < 4.78 is 2.41. The van der Waals surface area contributed by atoms with Crippen molar-refractivity contribution < 1.29 is 0 Å². The molecule has 1 saturated carbocycles. The molecule has 0 aliphatic heterocycles. The molecule has 1 aliphatic rings. The van der Waals surface area contributed by atoms with Crippen molar-refractivity contribution in [3.63, 3.8) is 0 Å². The number of nitrogens with zero attached hydrogens (tertiary/aromatic N) is 2. The zero-order valence-corrected chi connectivity index (χ0v) is 13.4. The SMILES string of the molecule is Cc1ccc2nc(CCl)n(C3CCC(C)(C)CC3)c2c1. The monoisotopic (exact) mass is 290 g/mol. The molecule has 3 rings (SSSR count). The molecule has 108 valence electrons. The summed E-state index contributed by atoms with van der Waals surface area (Å²) in [4.78, 5) is 4.71. The van der Waals surface area contributed by atoms with E-state index in [1.807, 2.05) is 0 Å². The lowest BCUT2D eigenvalue weighted by Gasteiger charge is -2.35. The van der Waals surface area contributed by atoms with Crippen molar-refractivity contribution in [3.8, 4) is 0 Å². The number of fused-ring (bicyclic) bond motifs is 1. The largest absolute Gasteiger partial charge is 0.324 e. The first-order valence-corrected chi connectivity index (χ1v) is 8.07. The highest BCUT2D eigenvalue weighted by Gasteiger charge is 2.29. The third kappa shape index (κ3) is 2.46. The minimum atomic E-state index is 0.490. The summed E-state index contributed by atoms with van der Waals surface area (Å²) in [5, 5.41) is 0. The van der Waals surface area contributed by atoms with Crippen LogP contribution in [0.4, 0.5) is 0 Å². The van der Waals surface area contributed by atoms with Gasteiger partial charge in [0.25, 0.3) is 0 Å². The summed E-state index contributed by atoms with van der Waals surface area (Å²) in [5.41, 5.74) is 4.11. The van der Waals surface area contributed by atoms with E-state index in [1.54, 1.807) is 0 Å². The van der Waals surface area contributed by atoms with Crippen molar-refractivity contribution in [1.82, 2.24) is 9.55 Å². The second kappa shape index (κ2) is 5.07. The van der Waals surface area contributed by atoms with Crippen LogP contribution in [0.15, 0.2) is 18.2 Å². The van der Waals surface area contributed by atoms with Gasteiger partial charge in [-0.1, -0.05) is 19.9 Å². The number of aromatic nitrogens is 2. The van der Waals surface area contributed by atoms with Crippen LogP contribution in [0.5, 0.6) is 0 Å². The highest BCUT2D eigenvalue weighted by Crippen LogP contribution is 2.41. The predicted octanol–water partition coefficient (Wildman–Crippen LogP) is 5.22. The van der Waals surface area contributed by atoms with Crippen LogP contribution in [-0.4, -0.2) is 9.55 Å². The molecule has 2 nitrogen and oxygen atoms in total. The number of halogens is 1. The minimum Gasteiger partial charge on any atom is -0.324 e. The van der Waals surface area contributed by atoms with E-state index in [2.05, 4.69) is 43.5 Å². The molecule has 0 bridgehead atoms. The van der Waals surface area contributed by atoms with Crippen molar-refractivity contribution in [3.05, 3.63) is 29.6 Å². The van der Waals surface area contributed by atoms with Crippen molar-refractivity contribution in [1.29, 1.82) is 0 Å². The third-order valence-corrected chi connectivity index (χ3v) is 4.95. The first-order valence-electron chi connectivity index (χ1n) is 7.54. The van der Waals surface area contributed by atoms with E-state index in [0.717, 1.165) is 11.3 Å². The van der Waals surface area contributed by atoms with Gasteiger partial charge < -0.3 is 4.57 Å². The number of hydrogen-bond acceptors (Lipinski definition) is 1. The lowest BCUT2D eigenvalue weighted by molar-refractivity contribution is 0.194. The topological polar surface area (TPSA) is 17.8 Å². The Balaban J connectivity index is 2.03. The Morgan fingerprint density at radius 1 is 1.30 bits per heavy atom. The van der Waals surface area contributed by atoms with E-state index in [1.165, 1.54) is 36.8 Å². The highest BCUT2D eigenvalue weighted by atomic mass is 35.5. The lowest BCUT2D eigenvalue weighted by atomic mass is 9.75. The number of imidazole rings is 1. The molecule has 1 fully saturated rings. The summed E-state index contributed by atoms with van der Waals surface area (Å²) in [6, 6.07) is 7.05. The molecule has 1 aromatic heterocycles. The summed E-state index contributed by atoms with van der Waals surface area (Å²) in [5.74, 6) is 1.52. The van der Waals surface area contributed by atoms with Gasteiger partial charge in [-0.3, -0.25) is 0 Å². The number of aryl methyl sites for hydroxylation is 1. The van der Waals surface area contributed by atoms with Crippen molar-refractivity contribution in [2.75, 3.05) is 0 Å². The molecule has 0 saturated heterocycles. The van der Waals surface area contributed by atoms with Crippen LogP contribution in [0, 0.1) is 12.3 Å². The maximum Gasteiger partial charge on any atom is 0.125 e. The molecule has 0 radical (unpaired) electrons. The zero-order valence-electron chi connectivity index (χ0n) is 12.6. The molecule has 0 amide bonds. The van der Waals surface area contributed by atoms with Gasteiger partial charge in [-0.05, 0) is 55.7 Å². The van der Waals surface area contributed by atoms with Crippen LogP contribution < -0.4 is 0 Å². The Morgan fingerprint density at radius 2 is 2.00 bits per heavy atom. The van der Waals surface area contributed by atoms with E-state index < -0.39 is 0 Å². The van der Waals surface area contributed by atoms with Crippen LogP contribution in [0.1, 0.15) is 57.0 Å². The van der Waals surface area contributed by atoms with Gasteiger partial charge in [-0.15, -0.1) is 11.6 Å². The first-order chi connectivity index (χ1) is 9.50. The normalized spacial score (nSPS) is 19.6. The Kier molecular flexibility index (Phi) is 3.53. The summed E-state index contributed by atoms with van der Waals surface area (Å²) in [7, 11) is 0. The van der Waals surface area contributed by atoms with Gasteiger partial charge >= 0.3 is 0 Å². The molecule has 20 heavy (non-hydrogen) atoms. The Bertz CT molecular complexity index is 617. The van der Waals surface area contributed by atoms with Gasteiger partial charge in [0, 0.05) is 6.04 Å². The quantitative estimate of drug-likeness (QED) is 0.693. The van der Waals surface area contributed by atoms with E-state index in [-0.39, 0.29) is 0 Å². The number of benzene rings is 1. The maximum absolute atomic E-state index is 6.14. The van der Waals surface area contributed by atoms with Gasteiger partial charge in [0.2, 0.25) is 0 Å². The smallest absolute Gasteiger partial charge is 0.125 e. The fraction of sp³-hybridized carbons (Fsp3) is 0.588. The van der Waals surface area contributed by atoms with Gasteiger partial charge in [0.15, 0.2) is 0 Å². The van der Waals surface area contributed by atoms with Crippen molar-refractivity contribution in [2.24, 2.45) is 5.41 Å². The Labute approximate surface area is 126 Å². The average Bonchev–Trinajstić information content (AvgIpc) is 2.76. The third-order valence-electron chi connectivity index (χ3n) is 4.71. The van der Waals surface area contributed by atoms with E-state index >= 15 is 0 Å². The average molecular weight is 291 g/mol. The fourth-order valence-corrected chi connectivity index (χ4v) is 3.59. The molecule has 1 heterocycles. The summed E-state index contributed by atoms with van der Waals surface area (Å²) >= 11 is 6.14. The Morgan fingerprint density at radius 3 is 2.65 bits per heavy atom. The Hall–Kier alpha value is -1.02. The van der Waals surface area contributed by atoms with Gasteiger partial charge in [-0.2, -0.15) is 0 Å². The van der Waals surface area contributed by atoms with Crippen LogP contribution >= 0.6 is 11.6 Å². The van der Waals surface area contributed by atoms with Gasteiger partial charge in [0.1, 0.15) is 5.82 Å². The lowest BCUT2D eigenvalue weighted by Crippen LogP contribution is -2.24. The second-order valence-corrected chi connectivity index (χ2v) is 7.19. The zero-order chi connectivity index (χ0) is 14.3. The number of hydrogen-bond donors (Lipinski definition) is 0. The molecule has 0 atom stereocenters. The molecule has 0 N–H and O–H groups in total. The molecule has 2 aromatic rings. The molecule has 0 unspecified atom stereocenters. The van der Waals surface area contributed by atoms with Crippen molar-refractivity contribution in [2.45, 2.75) is 58.4 Å². The summed E-state index contributed by atoms with van der Waals surface area (Å²) in [6.07, 6.45) is 5.03. The first kappa shape index (κ1) is 13.9. The molecule has 0 spiro atoms. The standard InChI is InChI=1S/C17H23ClN2/c1-12-4-5-14-15(10-12)20(16(11-18)19-14)13-6-8-17(2,3)9-7-13/h4-5,10,13H,6-9,11H2,1-3H3. The number of alkyl halides is 1. The summed E-state index contributed by atoms with van der Waals surface area (Å²) in [6.45, 7) is 6.89.